The number of hydrogen-bond donors (Lipinski definition) is 1. The molecule has 0 aromatic heterocycles. The van der Waals surface area contributed by atoms with Gasteiger partial charge in [0.2, 0.25) is 10.0 Å². The minimum atomic E-state index is -3.62. The molecule has 1 aliphatic carbocycles. The van der Waals surface area contributed by atoms with E-state index in [0.29, 0.717) is 48.4 Å². The van der Waals surface area contributed by atoms with Crippen LogP contribution in [0.1, 0.15) is 51.2 Å². The van der Waals surface area contributed by atoms with E-state index in [1.54, 1.807) is 22.5 Å². The molecule has 0 spiro atoms. The number of nitrogens with one attached hydrogen (secondary N) is 1. The molecular formula is C29H35Cl2N3O3S. The number of amidine groups is 1. The van der Waals surface area contributed by atoms with Gasteiger partial charge in [0.1, 0.15) is 11.6 Å². The molecular weight excluding hydrogens is 541 g/mol. The number of ether oxygens (including phenoxy) is 1. The average Bonchev–Trinajstić information content (AvgIpc) is 3.44. The second-order valence-corrected chi connectivity index (χ2v) is 12.9. The lowest BCUT2D eigenvalue weighted by molar-refractivity contribution is 0.338. The van der Waals surface area contributed by atoms with Gasteiger partial charge in [-0.25, -0.2) is 8.42 Å². The number of halogens is 2. The average molecular weight is 577 g/mol. The van der Waals surface area contributed by atoms with Gasteiger partial charge in [0.15, 0.2) is 0 Å². The van der Waals surface area contributed by atoms with Crippen molar-refractivity contribution in [1.82, 2.24) is 9.62 Å². The van der Waals surface area contributed by atoms with Crippen molar-refractivity contribution in [3.8, 4) is 5.75 Å². The van der Waals surface area contributed by atoms with Gasteiger partial charge >= 0.3 is 0 Å². The van der Waals surface area contributed by atoms with Crippen LogP contribution in [0.3, 0.4) is 0 Å². The van der Waals surface area contributed by atoms with E-state index in [4.69, 9.17) is 32.9 Å². The molecule has 4 rings (SSSR count). The van der Waals surface area contributed by atoms with Crippen LogP contribution >= 0.6 is 23.2 Å². The number of sulfonamides is 1. The molecule has 1 atom stereocenters. The summed E-state index contributed by atoms with van der Waals surface area (Å²) in [4.78, 5) is 5.43. The summed E-state index contributed by atoms with van der Waals surface area (Å²) in [6, 6.07) is 12.6. The molecule has 0 amide bonds. The number of aliphatic imine (C=N–C) groups is 1. The van der Waals surface area contributed by atoms with E-state index in [-0.39, 0.29) is 10.8 Å². The van der Waals surface area contributed by atoms with Crippen molar-refractivity contribution in [1.29, 1.82) is 0 Å². The van der Waals surface area contributed by atoms with Crippen LogP contribution in [0.2, 0.25) is 5.02 Å². The fourth-order valence-electron chi connectivity index (χ4n) is 4.69. The molecule has 204 valence electrons. The Hall–Kier alpha value is -2.32. The summed E-state index contributed by atoms with van der Waals surface area (Å²) in [6.45, 7) is 8.05. The molecule has 1 unspecified atom stereocenters. The highest BCUT2D eigenvalue weighted by atomic mass is 35.5. The van der Waals surface area contributed by atoms with Crippen molar-refractivity contribution < 1.29 is 13.2 Å². The number of benzene rings is 2. The van der Waals surface area contributed by atoms with Gasteiger partial charge in [-0.2, -0.15) is 4.31 Å². The largest absolute Gasteiger partial charge is 0.493 e. The molecule has 9 heteroatoms. The van der Waals surface area contributed by atoms with Crippen LogP contribution in [0.4, 0.5) is 0 Å². The van der Waals surface area contributed by atoms with Crippen LogP contribution in [0.15, 0.2) is 75.6 Å². The molecule has 0 saturated carbocycles. The molecule has 2 aromatic rings. The van der Waals surface area contributed by atoms with E-state index < -0.39 is 15.6 Å². The summed E-state index contributed by atoms with van der Waals surface area (Å²) in [5, 5.41) is 4.86. The normalized spacial score (nSPS) is 18.9. The van der Waals surface area contributed by atoms with Gasteiger partial charge in [0, 0.05) is 35.6 Å². The van der Waals surface area contributed by atoms with E-state index in [1.807, 2.05) is 43.3 Å². The molecule has 1 N–H and O–H groups in total. The molecule has 1 aliphatic heterocycles. The van der Waals surface area contributed by atoms with Gasteiger partial charge in [-0.3, -0.25) is 4.99 Å². The fourth-order valence-corrected chi connectivity index (χ4v) is 6.52. The smallest absolute Gasteiger partial charge is 0.243 e. The van der Waals surface area contributed by atoms with Gasteiger partial charge in [0.25, 0.3) is 0 Å². The number of nitrogens with zero attached hydrogens (tertiary/aromatic N) is 2. The molecule has 0 radical (unpaired) electrons. The number of hydrogen-bond acceptors (Lipinski definition) is 4. The Morgan fingerprint density at radius 2 is 1.84 bits per heavy atom. The first-order valence-corrected chi connectivity index (χ1v) is 15.2. The van der Waals surface area contributed by atoms with Crippen LogP contribution in [0.5, 0.6) is 5.75 Å². The first-order chi connectivity index (χ1) is 18.1. The van der Waals surface area contributed by atoms with Crippen molar-refractivity contribution in [2.24, 2.45) is 10.9 Å². The summed E-state index contributed by atoms with van der Waals surface area (Å²) < 4.78 is 34.4. The highest BCUT2D eigenvalue weighted by molar-refractivity contribution is 7.89. The lowest BCUT2D eigenvalue weighted by Crippen LogP contribution is -2.34. The lowest BCUT2D eigenvalue weighted by Gasteiger charge is -2.31. The Bertz CT molecular complexity index is 1330. The Kier molecular flexibility index (Phi) is 9.24. The van der Waals surface area contributed by atoms with Crippen LogP contribution < -0.4 is 10.1 Å². The van der Waals surface area contributed by atoms with Crippen LogP contribution in [-0.2, 0) is 16.6 Å². The van der Waals surface area contributed by atoms with Gasteiger partial charge in [-0.05, 0) is 82.0 Å². The van der Waals surface area contributed by atoms with E-state index in [1.165, 1.54) is 0 Å². The van der Waals surface area contributed by atoms with Crippen LogP contribution in [-0.4, -0.2) is 43.8 Å². The van der Waals surface area contributed by atoms with Gasteiger partial charge in [0.05, 0.1) is 22.6 Å². The van der Waals surface area contributed by atoms with Crippen molar-refractivity contribution in [3.05, 3.63) is 81.9 Å². The van der Waals surface area contributed by atoms with Crippen LogP contribution in [0, 0.1) is 5.92 Å². The van der Waals surface area contributed by atoms with Crippen molar-refractivity contribution >= 4 is 39.1 Å². The van der Waals surface area contributed by atoms with Gasteiger partial charge in [-0.1, -0.05) is 47.5 Å². The first kappa shape index (κ1) is 28.7. The summed E-state index contributed by atoms with van der Waals surface area (Å²) in [5.74, 6) is 1.26. The zero-order valence-electron chi connectivity index (χ0n) is 22.1. The highest BCUT2D eigenvalue weighted by Crippen LogP contribution is 2.33. The molecule has 0 bridgehead atoms. The SMILES string of the molecule is CCOc1ccc(S(=O)(=O)N2CCCC2)cc1/C(=N/C(C)(C)C1C=CC(Cl)=CC1)NCc1ccc(Cl)cc1. The van der Waals surface area contributed by atoms with Crippen molar-refractivity contribution in [2.75, 3.05) is 19.7 Å². The quantitative estimate of drug-likeness (QED) is 0.272. The maximum Gasteiger partial charge on any atom is 0.243 e. The van der Waals surface area contributed by atoms with Crippen molar-refractivity contribution in [2.45, 2.75) is 57.0 Å². The predicted octanol–water partition coefficient (Wildman–Crippen LogP) is 6.54. The maximum atomic E-state index is 13.4. The third-order valence-corrected chi connectivity index (χ3v) is 9.37. The topological polar surface area (TPSA) is 71.0 Å². The minimum absolute atomic E-state index is 0.115. The summed E-state index contributed by atoms with van der Waals surface area (Å²) in [5.41, 5.74) is 1.12. The molecule has 2 aromatic carbocycles. The Morgan fingerprint density at radius 3 is 2.47 bits per heavy atom. The molecule has 2 aliphatic rings. The molecule has 38 heavy (non-hydrogen) atoms. The standard InChI is InChI=1S/C29H35Cl2N3O3S/c1-4-37-27-16-15-25(38(35,36)34-17-5-6-18-34)19-26(27)28(32-20-21-7-11-23(30)12-8-21)33-29(2,3)22-9-13-24(31)14-10-22/h7-9,11-16,19,22H,4-6,10,17-18,20H2,1-3H3,(H,32,33). The van der Waals surface area contributed by atoms with E-state index >= 15 is 0 Å². The molecule has 1 fully saturated rings. The Morgan fingerprint density at radius 1 is 1.13 bits per heavy atom. The maximum absolute atomic E-state index is 13.4. The molecule has 6 nitrogen and oxygen atoms in total. The van der Waals surface area contributed by atoms with E-state index in [9.17, 15) is 8.42 Å². The van der Waals surface area contributed by atoms with E-state index in [2.05, 4.69) is 25.2 Å². The van der Waals surface area contributed by atoms with E-state index in [0.717, 1.165) is 29.9 Å². The second-order valence-electron chi connectivity index (χ2n) is 10.1. The Labute approximate surface area is 236 Å². The van der Waals surface area contributed by atoms with Gasteiger partial charge < -0.3 is 10.1 Å². The third kappa shape index (κ3) is 6.81. The monoisotopic (exact) mass is 575 g/mol. The summed E-state index contributed by atoms with van der Waals surface area (Å²) in [7, 11) is -3.62. The zero-order chi connectivity index (χ0) is 27.3. The van der Waals surface area contributed by atoms with Gasteiger partial charge in [-0.15, -0.1) is 0 Å². The number of rotatable bonds is 9. The van der Waals surface area contributed by atoms with Crippen LogP contribution in [0.25, 0.3) is 0 Å². The first-order valence-electron chi connectivity index (χ1n) is 13.0. The molecule has 1 heterocycles. The van der Waals surface area contributed by atoms with Crippen molar-refractivity contribution in [3.63, 3.8) is 0 Å². The highest BCUT2D eigenvalue weighted by Gasteiger charge is 2.31. The third-order valence-electron chi connectivity index (χ3n) is 6.94. The molecule has 1 saturated heterocycles. The number of allylic oxidation sites excluding steroid dienone is 3. The fraction of sp³-hybridized carbons (Fsp3) is 0.414. The summed E-state index contributed by atoms with van der Waals surface area (Å²) in [6.07, 6.45) is 8.50. The zero-order valence-corrected chi connectivity index (χ0v) is 24.4. The minimum Gasteiger partial charge on any atom is -0.493 e. The second kappa shape index (κ2) is 12.2. The summed E-state index contributed by atoms with van der Waals surface area (Å²) >= 11 is 12.3. The lowest BCUT2D eigenvalue weighted by atomic mass is 9.83. The Balaban J connectivity index is 1.77. The predicted molar refractivity (Wildman–Crippen MR) is 156 cm³/mol.